The van der Waals surface area contributed by atoms with Crippen molar-refractivity contribution in [3.8, 4) is 0 Å². The van der Waals surface area contributed by atoms with Gasteiger partial charge in [0.1, 0.15) is 5.82 Å². The average molecular weight is 286 g/mol. The summed E-state index contributed by atoms with van der Waals surface area (Å²) in [6.45, 7) is 0.330. The van der Waals surface area contributed by atoms with Crippen LogP contribution in [0.3, 0.4) is 0 Å². The van der Waals surface area contributed by atoms with Crippen molar-refractivity contribution in [1.29, 1.82) is 0 Å². The minimum Gasteiger partial charge on any atom is -0.465 e. The quantitative estimate of drug-likeness (QED) is 0.687. The molecular weight excluding hydrogens is 275 g/mol. The van der Waals surface area contributed by atoms with E-state index < -0.39 is 11.8 Å². The number of fused-ring (bicyclic) bond motifs is 1. The number of aromatic nitrogens is 4. The minimum absolute atomic E-state index is 0.169. The Labute approximate surface area is 119 Å². The van der Waals surface area contributed by atoms with Crippen LogP contribution in [-0.2, 0) is 11.3 Å². The van der Waals surface area contributed by atoms with E-state index in [0.717, 1.165) is 6.07 Å². The maximum atomic E-state index is 13.6. The van der Waals surface area contributed by atoms with E-state index in [9.17, 15) is 9.18 Å². The lowest BCUT2D eigenvalue weighted by atomic mass is 10.1. The molecule has 0 bridgehead atoms. The third-order valence-electron chi connectivity index (χ3n) is 2.98. The molecule has 6 nitrogen and oxygen atoms in total. The fourth-order valence-corrected chi connectivity index (χ4v) is 2.09. The van der Waals surface area contributed by atoms with Crippen molar-refractivity contribution in [2.45, 2.75) is 6.54 Å². The van der Waals surface area contributed by atoms with Crippen LogP contribution >= 0.6 is 0 Å². The van der Waals surface area contributed by atoms with Gasteiger partial charge in [0.25, 0.3) is 0 Å². The molecule has 0 N–H and O–H groups in total. The number of ether oxygens (including phenoxy) is 1. The van der Waals surface area contributed by atoms with Crippen molar-refractivity contribution in [2.75, 3.05) is 7.11 Å². The summed E-state index contributed by atoms with van der Waals surface area (Å²) in [5.41, 5.74) is 1.90. The molecule has 2 heterocycles. The van der Waals surface area contributed by atoms with E-state index in [1.165, 1.54) is 13.2 Å². The first kappa shape index (κ1) is 13.2. The topological polar surface area (TPSA) is 69.9 Å². The van der Waals surface area contributed by atoms with Crippen molar-refractivity contribution < 1.29 is 13.9 Å². The maximum Gasteiger partial charge on any atom is 0.337 e. The summed E-state index contributed by atoms with van der Waals surface area (Å²) in [7, 11) is 1.26. The van der Waals surface area contributed by atoms with E-state index in [1.807, 2.05) is 0 Å². The van der Waals surface area contributed by atoms with Gasteiger partial charge in [-0.05, 0) is 23.8 Å². The van der Waals surface area contributed by atoms with Crippen molar-refractivity contribution in [3.05, 3.63) is 53.9 Å². The molecule has 0 saturated carbocycles. The van der Waals surface area contributed by atoms with Gasteiger partial charge in [0.05, 0.1) is 25.5 Å². The molecule has 0 amide bonds. The molecule has 0 fully saturated rings. The van der Waals surface area contributed by atoms with Crippen LogP contribution in [0.15, 0.2) is 36.9 Å². The number of carbonyl (C=O) groups excluding carboxylic acids is 1. The van der Waals surface area contributed by atoms with E-state index in [1.54, 1.807) is 29.4 Å². The number of methoxy groups -OCH3 is 1. The van der Waals surface area contributed by atoms with Gasteiger partial charge in [0.2, 0.25) is 0 Å². The van der Waals surface area contributed by atoms with E-state index in [-0.39, 0.29) is 5.56 Å². The zero-order chi connectivity index (χ0) is 14.8. The first-order chi connectivity index (χ1) is 10.2. The fraction of sp³-hybridized carbons (Fsp3) is 0.143. The Morgan fingerprint density at radius 1 is 1.24 bits per heavy atom. The van der Waals surface area contributed by atoms with Gasteiger partial charge in [-0.25, -0.2) is 24.1 Å². The zero-order valence-corrected chi connectivity index (χ0v) is 11.2. The van der Waals surface area contributed by atoms with Crippen molar-refractivity contribution in [3.63, 3.8) is 0 Å². The minimum atomic E-state index is -0.578. The summed E-state index contributed by atoms with van der Waals surface area (Å²) in [4.78, 5) is 23.9. The van der Waals surface area contributed by atoms with E-state index in [4.69, 9.17) is 0 Å². The van der Waals surface area contributed by atoms with Gasteiger partial charge >= 0.3 is 5.97 Å². The summed E-state index contributed by atoms with van der Waals surface area (Å²) >= 11 is 0. The molecule has 0 saturated heterocycles. The van der Waals surface area contributed by atoms with Gasteiger partial charge in [-0.1, -0.05) is 0 Å². The highest BCUT2D eigenvalue weighted by atomic mass is 19.1. The van der Waals surface area contributed by atoms with Gasteiger partial charge in [0, 0.05) is 12.4 Å². The molecule has 0 aliphatic carbocycles. The van der Waals surface area contributed by atoms with Gasteiger partial charge in [-0.15, -0.1) is 0 Å². The van der Waals surface area contributed by atoms with Crippen molar-refractivity contribution in [1.82, 2.24) is 19.5 Å². The predicted molar refractivity (Wildman–Crippen MR) is 72.2 cm³/mol. The van der Waals surface area contributed by atoms with Crippen LogP contribution in [0, 0.1) is 5.82 Å². The molecule has 0 aliphatic rings. The maximum absolute atomic E-state index is 13.6. The Hall–Kier alpha value is -2.83. The Kier molecular flexibility index (Phi) is 3.31. The molecule has 21 heavy (non-hydrogen) atoms. The van der Waals surface area contributed by atoms with E-state index >= 15 is 0 Å². The zero-order valence-electron chi connectivity index (χ0n) is 11.2. The molecule has 0 unspecified atom stereocenters. The smallest absolute Gasteiger partial charge is 0.337 e. The molecule has 2 aromatic heterocycles. The van der Waals surface area contributed by atoms with Crippen LogP contribution < -0.4 is 0 Å². The SMILES string of the molecule is COC(=O)c1cc(F)cc(Cn2cnc3nccnc32)c1. The Morgan fingerprint density at radius 3 is 2.86 bits per heavy atom. The molecule has 3 rings (SSSR count). The molecule has 106 valence electrons. The summed E-state index contributed by atoms with van der Waals surface area (Å²) in [6, 6.07) is 4.08. The third-order valence-corrected chi connectivity index (χ3v) is 2.98. The largest absolute Gasteiger partial charge is 0.465 e. The van der Waals surface area contributed by atoms with E-state index in [2.05, 4.69) is 19.7 Å². The molecule has 0 aliphatic heterocycles. The molecular formula is C14H11FN4O2. The summed E-state index contributed by atoms with van der Waals surface area (Å²) in [5.74, 6) is -1.07. The molecule has 7 heteroatoms. The van der Waals surface area contributed by atoms with Gasteiger partial charge in [-0.2, -0.15) is 0 Å². The monoisotopic (exact) mass is 286 g/mol. The first-order valence-electron chi connectivity index (χ1n) is 6.17. The molecule has 0 spiro atoms. The second-order valence-electron chi connectivity index (χ2n) is 4.42. The molecule has 0 radical (unpaired) electrons. The standard InChI is InChI=1S/C14H11FN4O2/c1-21-14(20)10-4-9(5-11(15)6-10)7-19-8-18-12-13(19)17-3-2-16-12/h2-6,8H,7H2,1H3. The van der Waals surface area contributed by atoms with Crippen molar-refractivity contribution in [2.24, 2.45) is 0 Å². The van der Waals surface area contributed by atoms with Crippen LogP contribution in [0.2, 0.25) is 0 Å². The Bertz CT molecular complexity index is 816. The molecule has 1 aromatic carbocycles. The van der Waals surface area contributed by atoms with Crippen LogP contribution in [0.4, 0.5) is 4.39 Å². The lowest BCUT2D eigenvalue weighted by Crippen LogP contribution is -2.05. The van der Waals surface area contributed by atoms with Gasteiger partial charge in [-0.3, -0.25) is 0 Å². The summed E-state index contributed by atoms with van der Waals surface area (Å²) in [6.07, 6.45) is 4.69. The number of benzene rings is 1. The van der Waals surface area contributed by atoms with Gasteiger partial charge in [0.15, 0.2) is 11.3 Å². The van der Waals surface area contributed by atoms with Crippen LogP contribution in [0.1, 0.15) is 15.9 Å². The number of hydrogen-bond acceptors (Lipinski definition) is 5. The Morgan fingerprint density at radius 2 is 2.05 bits per heavy atom. The Balaban J connectivity index is 1.98. The number of rotatable bonds is 3. The van der Waals surface area contributed by atoms with Crippen molar-refractivity contribution >= 4 is 17.3 Å². The summed E-state index contributed by atoms with van der Waals surface area (Å²) < 4.78 is 19.9. The first-order valence-corrected chi connectivity index (χ1v) is 6.17. The third kappa shape index (κ3) is 2.58. The lowest BCUT2D eigenvalue weighted by molar-refractivity contribution is 0.0600. The average Bonchev–Trinajstić information content (AvgIpc) is 2.89. The van der Waals surface area contributed by atoms with Crippen LogP contribution in [0.5, 0.6) is 0 Å². The summed E-state index contributed by atoms with van der Waals surface area (Å²) in [5, 5.41) is 0. The number of hydrogen-bond donors (Lipinski definition) is 0. The van der Waals surface area contributed by atoms with Gasteiger partial charge < -0.3 is 9.30 Å². The normalized spacial score (nSPS) is 10.8. The van der Waals surface area contributed by atoms with E-state index in [0.29, 0.717) is 23.4 Å². The molecule has 0 atom stereocenters. The number of nitrogens with zero attached hydrogens (tertiary/aromatic N) is 4. The highest BCUT2D eigenvalue weighted by Gasteiger charge is 2.11. The highest BCUT2D eigenvalue weighted by Crippen LogP contribution is 2.14. The number of imidazole rings is 1. The second kappa shape index (κ2) is 5.28. The predicted octanol–water partition coefficient (Wildman–Crippen LogP) is 1.80. The highest BCUT2D eigenvalue weighted by molar-refractivity contribution is 5.89. The number of halogens is 1. The fourth-order valence-electron chi connectivity index (χ4n) is 2.09. The number of esters is 1. The lowest BCUT2D eigenvalue weighted by Gasteiger charge is -2.06. The van der Waals surface area contributed by atoms with Crippen LogP contribution in [-0.4, -0.2) is 32.6 Å². The van der Waals surface area contributed by atoms with Crippen LogP contribution in [0.25, 0.3) is 11.3 Å². The molecule has 3 aromatic rings. The number of carbonyl (C=O) groups is 1. The second-order valence-corrected chi connectivity index (χ2v) is 4.42.